The summed E-state index contributed by atoms with van der Waals surface area (Å²) in [5.41, 5.74) is 0.0648. The fourth-order valence-corrected chi connectivity index (χ4v) is 1.08. The van der Waals surface area contributed by atoms with Crippen LogP contribution in [0.3, 0.4) is 0 Å². The van der Waals surface area contributed by atoms with Crippen molar-refractivity contribution in [1.29, 1.82) is 0 Å². The Bertz CT molecular complexity index is 359. The maximum absolute atomic E-state index is 11.7. The molecule has 0 unspecified atom stereocenters. The molecule has 0 aliphatic heterocycles. The number of likely N-dealkylation sites (N-methyl/N-ethyl adjacent to an activating group) is 1. The highest BCUT2D eigenvalue weighted by Crippen LogP contribution is 2.07. The third-order valence-corrected chi connectivity index (χ3v) is 2.22. The first-order valence-electron chi connectivity index (χ1n) is 5.13. The van der Waals surface area contributed by atoms with Crippen LogP contribution < -0.4 is 0 Å². The monoisotopic (exact) mass is 243 g/mol. The molecule has 0 fully saturated rings. The van der Waals surface area contributed by atoms with Gasteiger partial charge in [0.25, 0.3) is 0 Å². The van der Waals surface area contributed by atoms with Crippen molar-refractivity contribution in [3.63, 3.8) is 0 Å². The van der Waals surface area contributed by atoms with E-state index in [1.165, 1.54) is 20.9 Å². The number of esters is 1. The lowest BCUT2D eigenvalue weighted by Crippen LogP contribution is -2.34. The molecule has 96 valence electrons. The summed E-state index contributed by atoms with van der Waals surface area (Å²) >= 11 is 0. The van der Waals surface area contributed by atoms with E-state index in [2.05, 4.69) is 4.74 Å². The van der Waals surface area contributed by atoms with Gasteiger partial charge < -0.3 is 14.7 Å². The quantitative estimate of drug-likeness (QED) is 0.559. The number of aliphatic carboxylic acids is 1. The highest BCUT2D eigenvalue weighted by Gasteiger charge is 2.18. The average Bonchev–Trinajstić information content (AvgIpc) is 2.25. The first-order valence-corrected chi connectivity index (χ1v) is 5.13. The maximum atomic E-state index is 11.7. The van der Waals surface area contributed by atoms with Gasteiger partial charge in [-0.05, 0) is 20.8 Å². The Morgan fingerprint density at radius 1 is 1.18 bits per heavy atom. The lowest BCUT2D eigenvalue weighted by Gasteiger charge is -2.17. The number of carboxylic acids is 1. The second kappa shape index (κ2) is 6.67. The van der Waals surface area contributed by atoms with E-state index in [0.717, 1.165) is 4.90 Å². The van der Waals surface area contributed by atoms with Crippen molar-refractivity contribution in [1.82, 2.24) is 4.90 Å². The van der Waals surface area contributed by atoms with Gasteiger partial charge in [0, 0.05) is 18.2 Å². The minimum absolute atomic E-state index is 0.0364. The third-order valence-electron chi connectivity index (χ3n) is 2.22. The smallest absolute Gasteiger partial charge is 0.331 e. The number of nitrogens with zero attached hydrogens (tertiary/aromatic N) is 1. The molecule has 0 atom stereocenters. The van der Waals surface area contributed by atoms with Crippen LogP contribution in [0.15, 0.2) is 11.1 Å². The van der Waals surface area contributed by atoms with E-state index in [-0.39, 0.29) is 24.3 Å². The molecular weight excluding hydrogens is 226 g/mol. The van der Waals surface area contributed by atoms with E-state index in [4.69, 9.17) is 5.11 Å². The number of ether oxygens (including phenoxy) is 1. The number of hydrogen-bond donors (Lipinski definition) is 1. The Morgan fingerprint density at radius 2 is 1.71 bits per heavy atom. The molecule has 0 aromatic heterocycles. The molecule has 1 amide bonds. The predicted molar refractivity (Wildman–Crippen MR) is 60.3 cm³/mol. The zero-order chi connectivity index (χ0) is 13.6. The van der Waals surface area contributed by atoms with Crippen LogP contribution >= 0.6 is 0 Å². The van der Waals surface area contributed by atoms with Crippen molar-refractivity contribution < 1.29 is 24.2 Å². The summed E-state index contributed by atoms with van der Waals surface area (Å²) in [7, 11) is 1.41. The van der Waals surface area contributed by atoms with Crippen molar-refractivity contribution in [3.8, 4) is 0 Å². The van der Waals surface area contributed by atoms with Gasteiger partial charge in [-0.25, -0.2) is 4.79 Å². The molecule has 0 bridgehead atoms. The van der Waals surface area contributed by atoms with Gasteiger partial charge in [-0.3, -0.25) is 9.59 Å². The Labute approximate surface area is 99.9 Å². The summed E-state index contributed by atoms with van der Waals surface area (Å²) in [5, 5.41) is 8.73. The van der Waals surface area contributed by atoms with Gasteiger partial charge in [0.05, 0.1) is 6.61 Å². The second-order valence-electron chi connectivity index (χ2n) is 3.52. The van der Waals surface area contributed by atoms with Gasteiger partial charge in [0.15, 0.2) is 0 Å². The van der Waals surface area contributed by atoms with Crippen molar-refractivity contribution in [2.75, 3.05) is 20.2 Å². The number of carbonyl (C=O) groups excluding carboxylic acids is 2. The average molecular weight is 243 g/mol. The van der Waals surface area contributed by atoms with Crippen LogP contribution in [0.2, 0.25) is 0 Å². The first kappa shape index (κ1) is 15.2. The molecule has 0 aliphatic carbocycles. The summed E-state index contributed by atoms with van der Waals surface area (Å²) in [6.45, 7) is 4.46. The van der Waals surface area contributed by atoms with Crippen LogP contribution in [-0.2, 0) is 19.1 Å². The van der Waals surface area contributed by atoms with Gasteiger partial charge in [0.1, 0.15) is 6.54 Å². The molecule has 0 heterocycles. The lowest BCUT2D eigenvalue weighted by atomic mass is 10.1. The molecule has 0 aliphatic rings. The number of carboxylic acid groups (broad SMARTS) is 1. The molecule has 6 heteroatoms. The molecule has 0 aromatic rings. The minimum Gasteiger partial charge on any atom is -0.478 e. The minimum atomic E-state index is -1.15. The molecule has 0 radical (unpaired) electrons. The molecule has 1 N–H and O–H groups in total. The summed E-state index contributed by atoms with van der Waals surface area (Å²) in [5.74, 6) is -2.18. The van der Waals surface area contributed by atoms with Gasteiger partial charge in [0.2, 0.25) is 5.91 Å². The Balaban J connectivity index is 4.67. The normalized spacial score (nSPS) is 11.5. The van der Waals surface area contributed by atoms with E-state index in [9.17, 15) is 14.4 Å². The first-order chi connectivity index (χ1) is 7.81. The highest BCUT2D eigenvalue weighted by molar-refractivity contribution is 6.02. The Kier molecular flexibility index (Phi) is 5.95. The van der Waals surface area contributed by atoms with Crippen LogP contribution in [0.5, 0.6) is 0 Å². The predicted octanol–water partition coefficient (Wildman–Crippen LogP) is 0.429. The lowest BCUT2D eigenvalue weighted by molar-refractivity contribution is -0.147. The molecule has 0 rings (SSSR count). The van der Waals surface area contributed by atoms with E-state index < -0.39 is 17.8 Å². The second-order valence-corrected chi connectivity index (χ2v) is 3.52. The number of amides is 1. The molecule has 0 saturated carbocycles. The van der Waals surface area contributed by atoms with Gasteiger partial charge in [-0.15, -0.1) is 0 Å². The number of hydrogen-bond acceptors (Lipinski definition) is 4. The van der Waals surface area contributed by atoms with Crippen LogP contribution in [0, 0.1) is 0 Å². The van der Waals surface area contributed by atoms with E-state index in [0.29, 0.717) is 0 Å². The van der Waals surface area contributed by atoms with Gasteiger partial charge in [-0.1, -0.05) is 0 Å². The van der Waals surface area contributed by atoms with Gasteiger partial charge in [-0.2, -0.15) is 0 Å². The largest absolute Gasteiger partial charge is 0.478 e. The summed E-state index contributed by atoms with van der Waals surface area (Å²) in [6.07, 6.45) is 0. The summed E-state index contributed by atoms with van der Waals surface area (Å²) < 4.78 is 4.69. The fourth-order valence-electron chi connectivity index (χ4n) is 1.08. The third kappa shape index (κ3) is 4.67. The Morgan fingerprint density at radius 3 is 2.12 bits per heavy atom. The standard InChI is InChI=1S/C11H17NO5/c1-5-17-9(13)6-12(4)10(14)7(2)8(3)11(15)16/h5-6H2,1-4H3,(H,15,16). The van der Waals surface area contributed by atoms with E-state index in [1.807, 2.05) is 0 Å². The molecule has 0 saturated heterocycles. The molecule has 0 spiro atoms. The van der Waals surface area contributed by atoms with Crippen molar-refractivity contribution in [2.45, 2.75) is 20.8 Å². The SMILES string of the molecule is CCOC(=O)CN(C)C(=O)C(C)=C(C)C(=O)O. The molecule has 17 heavy (non-hydrogen) atoms. The van der Waals surface area contributed by atoms with Crippen molar-refractivity contribution in [2.24, 2.45) is 0 Å². The Hall–Kier alpha value is -1.85. The van der Waals surface area contributed by atoms with Crippen LogP contribution in [-0.4, -0.2) is 48.1 Å². The topological polar surface area (TPSA) is 83.9 Å². The molecule has 0 aromatic carbocycles. The van der Waals surface area contributed by atoms with Crippen LogP contribution in [0.4, 0.5) is 0 Å². The molecule has 6 nitrogen and oxygen atoms in total. The van der Waals surface area contributed by atoms with E-state index >= 15 is 0 Å². The zero-order valence-corrected chi connectivity index (χ0v) is 10.4. The highest BCUT2D eigenvalue weighted by atomic mass is 16.5. The van der Waals surface area contributed by atoms with Gasteiger partial charge >= 0.3 is 11.9 Å². The number of rotatable bonds is 5. The van der Waals surface area contributed by atoms with Crippen LogP contribution in [0.25, 0.3) is 0 Å². The van der Waals surface area contributed by atoms with E-state index in [1.54, 1.807) is 6.92 Å². The maximum Gasteiger partial charge on any atom is 0.331 e. The van der Waals surface area contributed by atoms with Crippen molar-refractivity contribution >= 4 is 17.8 Å². The summed E-state index contributed by atoms with van der Waals surface area (Å²) in [6, 6.07) is 0. The zero-order valence-electron chi connectivity index (χ0n) is 10.4. The van der Waals surface area contributed by atoms with Crippen molar-refractivity contribution in [3.05, 3.63) is 11.1 Å². The molecular formula is C11H17NO5. The van der Waals surface area contributed by atoms with Crippen LogP contribution in [0.1, 0.15) is 20.8 Å². The fraction of sp³-hybridized carbons (Fsp3) is 0.545. The summed E-state index contributed by atoms with van der Waals surface area (Å²) in [4.78, 5) is 34.7. The number of carbonyl (C=O) groups is 3.